The second-order valence-electron chi connectivity index (χ2n) is 8.06. The molecular weight excluding hydrogens is 363 g/mol. The molecule has 2 aromatic carbocycles. The number of aryl methyl sites for hydroxylation is 1. The van der Waals surface area contributed by atoms with Gasteiger partial charge < -0.3 is 10.5 Å². The molecule has 0 aromatic heterocycles. The Bertz CT molecular complexity index is 968. The van der Waals surface area contributed by atoms with Crippen LogP contribution in [0, 0.1) is 12.3 Å². The number of anilines is 1. The van der Waals surface area contributed by atoms with Crippen LogP contribution in [0.1, 0.15) is 43.9 Å². The number of hydrogen-bond acceptors (Lipinski definition) is 2. The van der Waals surface area contributed by atoms with Crippen LogP contribution in [-0.2, 0) is 6.18 Å². The summed E-state index contributed by atoms with van der Waals surface area (Å²) >= 11 is 0. The maximum Gasteiger partial charge on any atom is 0.420 e. The van der Waals surface area contributed by atoms with Crippen LogP contribution in [0.4, 0.5) is 18.9 Å². The van der Waals surface area contributed by atoms with Crippen LogP contribution in [0.25, 0.3) is 5.57 Å². The van der Waals surface area contributed by atoms with Gasteiger partial charge in [-0.2, -0.15) is 13.2 Å². The third-order valence-electron chi connectivity index (χ3n) is 4.73. The first-order chi connectivity index (χ1) is 13.0. The summed E-state index contributed by atoms with van der Waals surface area (Å²) in [5.41, 5.74) is 8.40. The standard InChI is InChI=1S/C23H24F3NO/c1-14-10-16(13-22(3,4)12-14)18-7-5-6-15(2)21(18)28-20-9-8-17(27)11-19(20)23(24,25)26/h5-11,13H,12,27H2,1-4H3. The van der Waals surface area contributed by atoms with Gasteiger partial charge in [0.2, 0.25) is 0 Å². The average Bonchev–Trinajstić information content (AvgIpc) is 2.55. The molecule has 0 saturated heterocycles. The van der Waals surface area contributed by atoms with Gasteiger partial charge in [-0.25, -0.2) is 0 Å². The van der Waals surface area contributed by atoms with Crippen LogP contribution in [0.5, 0.6) is 11.5 Å². The van der Waals surface area contributed by atoms with E-state index in [9.17, 15) is 13.2 Å². The highest BCUT2D eigenvalue weighted by Crippen LogP contribution is 2.44. The van der Waals surface area contributed by atoms with E-state index >= 15 is 0 Å². The average molecular weight is 387 g/mol. The molecule has 28 heavy (non-hydrogen) atoms. The first-order valence-electron chi connectivity index (χ1n) is 9.11. The summed E-state index contributed by atoms with van der Waals surface area (Å²) in [7, 11) is 0. The number of nitrogens with two attached hydrogens (primary N) is 1. The van der Waals surface area contributed by atoms with Gasteiger partial charge in [0, 0.05) is 11.3 Å². The molecule has 2 nitrogen and oxygen atoms in total. The van der Waals surface area contributed by atoms with Crippen LogP contribution in [0.2, 0.25) is 0 Å². The second-order valence-corrected chi connectivity index (χ2v) is 8.06. The summed E-state index contributed by atoms with van der Waals surface area (Å²) in [4.78, 5) is 0. The van der Waals surface area contributed by atoms with Gasteiger partial charge in [-0.05, 0) is 55.0 Å². The highest BCUT2D eigenvalue weighted by molar-refractivity contribution is 5.81. The van der Waals surface area contributed by atoms with E-state index in [1.54, 1.807) is 0 Å². The molecule has 3 rings (SSSR count). The maximum atomic E-state index is 13.5. The first kappa shape index (κ1) is 20.1. The Labute approximate surface area is 163 Å². The predicted molar refractivity (Wildman–Crippen MR) is 107 cm³/mol. The smallest absolute Gasteiger partial charge is 0.420 e. The number of ether oxygens (including phenoxy) is 1. The van der Waals surface area contributed by atoms with Gasteiger partial charge in [-0.15, -0.1) is 0 Å². The van der Waals surface area contributed by atoms with Crippen molar-refractivity contribution >= 4 is 11.3 Å². The molecule has 1 aliphatic rings. The van der Waals surface area contributed by atoms with Crippen molar-refractivity contribution in [2.75, 3.05) is 5.73 Å². The van der Waals surface area contributed by atoms with Crippen molar-refractivity contribution in [3.05, 3.63) is 70.8 Å². The molecule has 0 spiro atoms. The Morgan fingerprint density at radius 3 is 2.43 bits per heavy atom. The molecular formula is C23H24F3NO. The number of nitrogen functional groups attached to an aromatic ring is 1. The van der Waals surface area contributed by atoms with E-state index in [1.807, 2.05) is 25.1 Å². The molecule has 0 atom stereocenters. The minimum atomic E-state index is -4.56. The number of allylic oxidation sites excluding steroid dienone is 4. The van der Waals surface area contributed by atoms with Crippen LogP contribution < -0.4 is 10.5 Å². The number of halogens is 3. The fourth-order valence-corrected chi connectivity index (χ4v) is 3.69. The number of benzene rings is 2. The SMILES string of the molecule is CC1=CC(c2cccc(C)c2Oc2ccc(N)cc2C(F)(F)F)=CC(C)(C)C1. The Morgan fingerprint density at radius 2 is 1.79 bits per heavy atom. The summed E-state index contributed by atoms with van der Waals surface area (Å²) in [6.45, 7) is 8.17. The minimum absolute atomic E-state index is 0.0342. The van der Waals surface area contributed by atoms with Gasteiger partial charge >= 0.3 is 6.18 Å². The molecule has 148 valence electrons. The zero-order valence-electron chi connectivity index (χ0n) is 16.4. The van der Waals surface area contributed by atoms with Gasteiger partial charge in [0.25, 0.3) is 0 Å². The number of para-hydroxylation sites is 1. The molecule has 2 aromatic rings. The van der Waals surface area contributed by atoms with Crippen LogP contribution in [0.3, 0.4) is 0 Å². The summed E-state index contributed by atoms with van der Waals surface area (Å²) in [5, 5.41) is 0. The number of alkyl halides is 3. The minimum Gasteiger partial charge on any atom is -0.456 e. The molecule has 2 N–H and O–H groups in total. The van der Waals surface area contributed by atoms with Crippen LogP contribution >= 0.6 is 0 Å². The molecule has 0 saturated carbocycles. The van der Waals surface area contributed by atoms with Gasteiger partial charge in [-0.1, -0.05) is 49.8 Å². The van der Waals surface area contributed by atoms with Crippen molar-refractivity contribution in [1.82, 2.24) is 0 Å². The van der Waals surface area contributed by atoms with Crippen molar-refractivity contribution in [1.29, 1.82) is 0 Å². The first-order valence-corrected chi connectivity index (χ1v) is 9.11. The van der Waals surface area contributed by atoms with E-state index < -0.39 is 11.7 Å². The van der Waals surface area contributed by atoms with Gasteiger partial charge in [0.05, 0.1) is 0 Å². The molecule has 0 radical (unpaired) electrons. The highest BCUT2D eigenvalue weighted by atomic mass is 19.4. The summed E-state index contributed by atoms with van der Waals surface area (Å²) in [5.74, 6) is 0.166. The van der Waals surface area contributed by atoms with Crippen molar-refractivity contribution < 1.29 is 17.9 Å². The monoisotopic (exact) mass is 387 g/mol. The number of rotatable bonds is 3. The lowest BCUT2D eigenvalue weighted by atomic mass is 9.78. The summed E-state index contributed by atoms with van der Waals surface area (Å²) < 4.78 is 46.3. The molecule has 0 bridgehead atoms. The molecule has 5 heteroatoms. The fourth-order valence-electron chi connectivity index (χ4n) is 3.69. The third kappa shape index (κ3) is 4.24. The van der Waals surface area contributed by atoms with E-state index in [0.717, 1.165) is 29.2 Å². The number of hydrogen-bond donors (Lipinski definition) is 1. The van der Waals surface area contributed by atoms with E-state index in [2.05, 4.69) is 32.9 Å². The summed E-state index contributed by atoms with van der Waals surface area (Å²) in [6.07, 6.45) is 0.598. The zero-order valence-corrected chi connectivity index (χ0v) is 16.4. The van der Waals surface area contributed by atoms with E-state index in [-0.39, 0.29) is 16.9 Å². The van der Waals surface area contributed by atoms with Gasteiger partial charge in [-0.3, -0.25) is 0 Å². The zero-order chi connectivity index (χ0) is 20.7. The quantitative estimate of drug-likeness (QED) is 0.568. The normalized spacial score (nSPS) is 16.4. The van der Waals surface area contributed by atoms with Crippen molar-refractivity contribution in [2.24, 2.45) is 5.41 Å². The fraction of sp³-hybridized carbons (Fsp3) is 0.304. The molecule has 1 aliphatic carbocycles. The molecule has 0 fully saturated rings. The topological polar surface area (TPSA) is 35.2 Å². The van der Waals surface area contributed by atoms with E-state index in [4.69, 9.17) is 10.5 Å². The molecule has 0 heterocycles. The van der Waals surface area contributed by atoms with Crippen LogP contribution in [0.15, 0.2) is 54.1 Å². The van der Waals surface area contributed by atoms with Crippen molar-refractivity contribution in [2.45, 2.75) is 40.3 Å². The van der Waals surface area contributed by atoms with E-state index in [0.29, 0.717) is 5.75 Å². The lowest BCUT2D eigenvalue weighted by Gasteiger charge is -2.28. The lowest BCUT2D eigenvalue weighted by molar-refractivity contribution is -0.138. The second kappa shape index (κ2) is 7.04. The largest absolute Gasteiger partial charge is 0.456 e. The highest BCUT2D eigenvalue weighted by Gasteiger charge is 2.35. The Hall–Kier alpha value is -2.69. The van der Waals surface area contributed by atoms with Crippen LogP contribution in [-0.4, -0.2) is 0 Å². The lowest BCUT2D eigenvalue weighted by Crippen LogP contribution is -2.13. The predicted octanol–water partition coefficient (Wildman–Crippen LogP) is 7.15. The molecule has 0 aliphatic heterocycles. The van der Waals surface area contributed by atoms with Gasteiger partial charge in [0.1, 0.15) is 17.1 Å². The summed E-state index contributed by atoms with van der Waals surface area (Å²) in [6, 6.07) is 9.18. The molecule has 0 unspecified atom stereocenters. The van der Waals surface area contributed by atoms with Crippen molar-refractivity contribution in [3.8, 4) is 11.5 Å². The third-order valence-corrected chi connectivity index (χ3v) is 4.73. The van der Waals surface area contributed by atoms with E-state index in [1.165, 1.54) is 17.7 Å². The Balaban J connectivity index is 2.13. The van der Waals surface area contributed by atoms with Crippen molar-refractivity contribution in [3.63, 3.8) is 0 Å². The Morgan fingerprint density at radius 1 is 1.07 bits per heavy atom. The maximum absolute atomic E-state index is 13.5. The molecule has 0 amide bonds. The Kier molecular flexibility index (Phi) is 5.04. The van der Waals surface area contributed by atoms with Gasteiger partial charge in [0.15, 0.2) is 0 Å².